The second-order valence-electron chi connectivity index (χ2n) is 5.47. The first kappa shape index (κ1) is 17.3. The van der Waals surface area contributed by atoms with E-state index < -0.39 is 5.54 Å². The van der Waals surface area contributed by atoms with E-state index in [4.69, 9.17) is 15.2 Å². The number of hydrogen-bond acceptors (Lipinski definition) is 4. The number of amides is 1. The van der Waals surface area contributed by atoms with Gasteiger partial charge in [0.2, 0.25) is 5.91 Å². The molecular formula is C16H26N2O3. The molecule has 21 heavy (non-hydrogen) atoms. The summed E-state index contributed by atoms with van der Waals surface area (Å²) in [6.07, 6.45) is 1.50. The zero-order valence-electron chi connectivity index (χ0n) is 13.5. The lowest BCUT2D eigenvalue weighted by Crippen LogP contribution is -2.52. The van der Waals surface area contributed by atoms with Gasteiger partial charge in [-0.25, -0.2) is 0 Å². The van der Waals surface area contributed by atoms with Gasteiger partial charge in [-0.1, -0.05) is 13.3 Å². The van der Waals surface area contributed by atoms with Gasteiger partial charge in [0.15, 0.2) is 0 Å². The van der Waals surface area contributed by atoms with Gasteiger partial charge in [-0.15, -0.1) is 0 Å². The SMILES string of the molecule is CCCC(C)(N)C(=O)NC(C)c1cc(OC)ccc1OC. The van der Waals surface area contributed by atoms with Gasteiger partial charge in [-0.3, -0.25) is 4.79 Å². The number of nitrogens with two attached hydrogens (primary N) is 1. The fourth-order valence-electron chi connectivity index (χ4n) is 2.25. The average molecular weight is 294 g/mol. The molecule has 5 nitrogen and oxygen atoms in total. The molecule has 0 heterocycles. The van der Waals surface area contributed by atoms with Crippen LogP contribution in [-0.2, 0) is 4.79 Å². The number of carbonyl (C=O) groups is 1. The van der Waals surface area contributed by atoms with E-state index in [2.05, 4.69) is 5.32 Å². The molecule has 1 aromatic carbocycles. The van der Waals surface area contributed by atoms with Crippen LogP contribution in [0.5, 0.6) is 11.5 Å². The smallest absolute Gasteiger partial charge is 0.240 e. The summed E-state index contributed by atoms with van der Waals surface area (Å²) in [5.74, 6) is 1.26. The van der Waals surface area contributed by atoms with E-state index in [0.29, 0.717) is 12.2 Å². The average Bonchev–Trinajstić information content (AvgIpc) is 2.46. The molecule has 0 aromatic heterocycles. The molecule has 0 aliphatic heterocycles. The number of nitrogens with one attached hydrogen (secondary N) is 1. The maximum Gasteiger partial charge on any atom is 0.240 e. The number of benzene rings is 1. The van der Waals surface area contributed by atoms with Crippen molar-refractivity contribution in [3.8, 4) is 11.5 Å². The third-order valence-corrected chi connectivity index (χ3v) is 3.54. The molecule has 3 N–H and O–H groups in total. The first-order chi connectivity index (χ1) is 9.85. The highest BCUT2D eigenvalue weighted by Gasteiger charge is 2.29. The maximum absolute atomic E-state index is 12.3. The van der Waals surface area contributed by atoms with E-state index in [0.717, 1.165) is 17.7 Å². The van der Waals surface area contributed by atoms with Crippen LogP contribution in [0, 0.1) is 0 Å². The van der Waals surface area contributed by atoms with Gasteiger partial charge in [0.05, 0.1) is 25.8 Å². The van der Waals surface area contributed by atoms with Gasteiger partial charge in [-0.05, 0) is 38.5 Å². The molecule has 0 fully saturated rings. The van der Waals surface area contributed by atoms with Gasteiger partial charge in [0.25, 0.3) is 0 Å². The van der Waals surface area contributed by atoms with Crippen LogP contribution in [-0.4, -0.2) is 25.7 Å². The van der Waals surface area contributed by atoms with Crippen LogP contribution in [0.25, 0.3) is 0 Å². The van der Waals surface area contributed by atoms with Crippen molar-refractivity contribution in [1.29, 1.82) is 0 Å². The Morgan fingerprint density at radius 2 is 2.05 bits per heavy atom. The van der Waals surface area contributed by atoms with Crippen LogP contribution in [0.3, 0.4) is 0 Å². The zero-order valence-corrected chi connectivity index (χ0v) is 13.5. The predicted molar refractivity (Wildman–Crippen MR) is 83.6 cm³/mol. The topological polar surface area (TPSA) is 73.6 Å². The lowest BCUT2D eigenvalue weighted by molar-refractivity contribution is -0.126. The minimum Gasteiger partial charge on any atom is -0.497 e. The summed E-state index contributed by atoms with van der Waals surface area (Å²) in [5.41, 5.74) is 6.05. The highest BCUT2D eigenvalue weighted by molar-refractivity contribution is 5.86. The first-order valence-corrected chi connectivity index (χ1v) is 7.17. The number of methoxy groups -OCH3 is 2. The van der Waals surface area contributed by atoms with Crippen molar-refractivity contribution in [2.75, 3.05) is 14.2 Å². The van der Waals surface area contributed by atoms with Gasteiger partial charge in [0, 0.05) is 5.56 Å². The molecule has 5 heteroatoms. The largest absolute Gasteiger partial charge is 0.497 e. The van der Waals surface area contributed by atoms with Crippen molar-refractivity contribution >= 4 is 5.91 Å². The van der Waals surface area contributed by atoms with Crippen molar-refractivity contribution in [3.05, 3.63) is 23.8 Å². The Kier molecular flexibility index (Phi) is 6.03. The summed E-state index contributed by atoms with van der Waals surface area (Å²) < 4.78 is 10.6. The zero-order chi connectivity index (χ0) is 16.0. The first-order valence-electron chi connectivity index (χ1n) is 7.17. The summed E-state index contributed by atoms with van der Waals surface area (Å²) in [6, 6.07) is 5.28. The van der Waals surface area contributed by atoms with Crippen LogP contribution in [0.2, 0.25) is 0 Å². The monoisotopic (exact) mass is 294 g/mol. The number of hydrogen-bond donors (Lipinski definition) is 2. The number of rotatable bonds is 7. The Hall–Kier alpha value is -1.75. The highest BCUT2D eigenvalue weighted by Crippen LogP contribution is 2.29. The van der Waals surface area contributed by atoms with Gasteiger partial charge in [0.1, 0.15) is 11.5 Å². The second-order valence-corrected chi connectivity index (χ2v) is 5.47. The van der Waals surface area contributed by atoms with Crippen molar-refractivity contribution in [2.45, 2.75) is 45.2 Å². The fraction of sp³-hybridized carbons (Fsp3) is 0.562. The molecule has 2 unspecified atom stereocenters. The Labute approximate surface area is 126 Å². The molecule has 1 amide bonds. The summed E-state index contributed by atoms with van der Waals surface area (Å²) in [7, 11) is 3.21. The molecule has 0 saturated carbocycles. The number of carbonyl (C=O) groups excluding carboxylic acids is 1. The van der Waals surface area contributed by atoms with Crippen molar-refractivity contribution in [2.24, 2.45) is 5.73 Å². The molecule has 0 bridgehead atoms. The summed E-state index contributed by atoms with van der Waals surface area (Å²) in [5, 5.41) is 2.95. The molecule has 0 spiro atoms. The quantitative estimate of drug-likeness (QED) is 0.810. The van der Waals surface area contributed by atoms with E-state index in [1.807, 2.05) is 32.0 Å². The van der Waals surface area contributed by atoms with Gasteiger partial charge >= 0.3 is 0 Å². The van der Waals surface area contributed by atoms with Gasteiger partial charge < -0.3 is 20.5 Å². The summed E-state index contributed by atoms with van der Waals surface area (Å²) in [6.45, 7) is 5.66. The van der Waals surface area contributed by atoms with Gasteiger partial charge in [-0.2, -0.15) is 0 Å². The third-order valence-electron chi connectivity index (χ3n) is 3.54. The molecule has 2 atom stereocenters. The minimum absolute atomic E-state index is 0.165. The molecule has 1 aromatic rings. The lowest BCUT2D eigenvalue weighted by Gasteiger charge is -2.26. The normalized spacial score (nSPS) is 15.0. The van der Waals surface area contributed by atoms with Crippen LogP contribution in [0.4, 0.5) is 0 Å². The molecule has 1 rings (SSSR count). The van der Waals surface area contributed by atoms with Crippen molar-refractivity contribution < 1.29 is 14.3 Å². The summed E-state index contributed by atoms with van der Waals surface area (Å²) in [4.78, 5) is 12.3. The molecular weight excluding hydrogens is 268 g/mol. The molecule has 0 saturated heterocycles. The third kappa shape index (κ3) is 4.36. The molecule has 0 aliphatic rings. The van der Waals surface area contributed by atoms with Crippen LogP contribution in [0.15, 0.2) is 18.2 Å². The Morgan fingerprint density at radius 3 is 2.57 bits per heavy atom. The fourth-order valence-corrected chi connectivity index (χ4v) is 2.25. The Balaban J connectivity index is 2.93. The number of ether oxygens (including phenoxy) is 2. The molecule has 0 radical (unpaired) electrons. The van der Waals surface area contributed by atoms with E-state index in [1.165, 1.54) is 0 Å². The minimum atomic E-state index is -0.866. The maximum atomic E-state index is 12.3. The molecule has 0 aliphatic carbocycles. The second kappa shape index (κ2) is 7.31. The Morgan fingerprint density at radius 1 is 1.38 bits per heavy atom. The summed E-state index contributed by atoms with van der Waals surface area (Å²) >= 11 is 0. The van der Waals surface area contributed by atoms with Crippen molar-refractivity contribution in [1.82, 2.24) is 5.32 Å². The highest BCUT2D eigenvalue weighted by atomic mass is 16.5. The van der Waals surface area contributed by atoms with Crippen molar-refractivity contribution in [3.63, 3.8) is 0 Å². The van der Waals surface area contributed by atoms with Crippen LogP contribution in [0.1, 0.15) is 45.2 Å². The van der Waals surface area contributed by atoms with E-state index in [9.17, 15) is 4.79 Å². The lowest BCUT2D eigenvalue weighted by atomic mass is 9.95. The van der Waals surface area contributed by atoms with E-state index >= 15 is 0 Å². The predicted octanol–water partition coefficient (Wildman–Crippen LogP) is 2.40. The molecule has 118 valence electrons. The van der Waals surface area contributed by atoms with Crippen LogP contribution >= 0.6 is 0 Å². The van der Waals surface area contributed by atoms with E-state index in [1.54, 1.807) is 21.1 Å². The van der Waals surface area contributed by atoms with Crippen LogP contribution < -0.4 is 20.5 Å². The standard InChI is InChI=1S/C16H26N2O3/c1-6-9-16(3,17)15(19)18-11(2)13-10-12(20-4)7-8-14(13)21-5/h7-8,10-11H,6,9,17H2,1-5H3,(H,18,19). The Bertz CT molecular complexity index is 486. The van der Waals surface area contributed by atoms with E-state index in [-0.39, 0.29) is 11.9 Å².